The van der Waals surface area contributed by atoms with Crippen molar-refractivity contribution in [2.24, 2.45) is 5.73 Å². The Morgan fingerprint density at radius 1 is 1.06 bits per heavy atom. The van der Waals surface area contributed by atoms with E-state index in [1.165, 1.54) is 0 Å². The van der Waals surface area contributed by atoms with E-state index in [-0.39, 0.29) is 6.04 Å². The third kappa shape index (κ3) is 5.41. The van der Waals surface area contributed by atoms with Gasteiger partial charge in [-0.25, -0.2) is 4.98 Å². The maximum absolute atomic E-state index is 13.0. The zero-order valence-electron chi connectivity index (χ0n) is 20.0. The third-order valence-electron chi connectivity index (χ3n) is 5.95. The molecule has 3 aromatic rings. The van der Waals surface area contributed by atoms with Crippen LogP contribution in [-0.4, -0.2) is 44.8 Å². The summed E-state index contributed by atoms with van der Waals surface area (Å²) in [5.41, 5.74) is 8.30. The lowest BCUT2D eigenvalue weighted by Crippen LogP contribution is -2.33. The van der Waals surface area contributed by atoms with Crippen molar-refractivity contribution >= 4 is 41.5 Å². The standard InChI is InChI=1S/C23H34N7O3P/c1-4-30-15-25-20-21(28-23(29-22(20)30)27-18-9-7-16(24)8-10-18)26-17-11-13-19(14-12-17)34(31,32-5-2)33-6-3/h11-16,18H,4-10,24H2,1-3H3,(H2,26,27,28,29). The fourth-order valence-corrected chi connectivity index (χ4v) is 5.73. The molecule has 0 aliphatic heterocycles. The molecule has 1 aliphatic rings. The molecule has 1 fully saturated rings. The lowest BCUT2D eigenvalue weighted by atomic mass is 9.92. The zero-order chi connectivity index (χ0) is 24.1. The molecule has 0 saturated heterocycles. The molecule has 2 heterocycles. The fraction of sp³-hybridized carbons (Fsp3) is 0.522. The first-order valence-electron chi connectivity index (χ1n) is 12.0. The average molecular weight is 488 g/mol. The minimum Gasteiger partial charge on any atom is -0.351 e. The van der Waals surface area contributed by atoms with Crippen LogP contribution in [0.3, 0.4) is 0 Å². The van der Waals surface area contributed by atoms with Crippen molar-refractivity contribution in [1.29, 1.82) is 0 Å². The van der Waals surface area contributed by atoms with Gasteiger partial charge in [-0.15, -0.1) is 0 Å². The van der Waals surface area contributed by atoms with Gasteiger partial charge in [0, 0.05) is 24.3 Å². The summed E-state index contributed by atoms with van der Waals surface area (Å²) in [5, 5.41) is 7.36. The van der Waals surface area contributed by atoms with Crippen LogP contribution in [0.4, 0.5) is 17.5 Å². The molecule has 0 amide bonds. The van der Waals surface area contributed by atoms with Gasteiger partial charge >= 0.3 is 7.60 Å². The Morgan fingerprint density at radius 2 is 1.74 bits per heavy atom. The Labute approximate surface area is 200 Å². The molecule has 10 nitrogen and oxygen atoms in total. The second kappa shape index (κ2) is 10.8. The molecule has 184 valence electrons. The minimum atomic E-state index is -3.34. The van der Waals surface area contributed by atoms with E-state index in [1.807, 2.05) is 16.7 Å². The van der Waals surface area contributed by atoms with Crippen molar-refractivity contribution in [3.8, 4) is 0 Å². The van der Waals surface area contributed by atoms with Crippen LogP contribution in [0.25, 0.3) is 11.2 Å². The van der Waals surface area contributed by atoms with Gasteiger partial charge < -0.3 is 30.0 Å². The van der Waals surface area contributed by atoms with E-state index in [0.29, 0.717) is 41.8 Å². The van der Waals surface area contributed by atoms with Gasteiger partial charge in [0.1, 0.15) is 0 Å². The number of benzene rings is 1. The van der Waals surface area contributed by atoms with Gasteiger partial charge in [0.15, 0.2) is 17.0 Å². The smallest absolute Gasteiger partial charge is 0.351 e. The topological polar surface area (TPSA) is 129 Å². The van der Waals surface area contributed by atoms with Gasteiger partial charge in [-0.05, 0) is 70.7 Å². The third-order valence-corrected chi connectivity index (χ3v) is 8.08. The highest BCUT2D eigenvalue weighted by Gasteiger charge is 2.26. The van der Waals surface area contributed by atoms with E-state index in [1.54, 1.807) is 32.3 Å². The molecule has 2 aromatic heterocycles. The van der Waals surface area contributed by atoms with Crippen LogP contribution in [0, 0.1) is 0 Å². The van der Waals surface area contributed by atoms with Gasteiger partial charge in [-0.3, -0.25) is 4.57 Å². The Morgan fingerprint density at radius 3 is 2.35 bits per heavy atom. The predicted molar refractivity (Wildman–Crippen MR) is 135 cm³/mol. The number of hydrogen-bond acceptors (Lipinski definition) is 9. The molecule has 11 heteroatoms. The van der Waals surface area contributed by atoms with Gasteiger partial charge in [0.25, 0.3) is 0 Å². The Hall–Kier alpha value is -2.52. The normalized spacial score (nSPS) is 18.8. The molecule has 0 unspecified atom stereocenters. The average Bonchev–Trinajstić information content (AvgIpc) is 3.25. The summed E-state index contributed by atoms with van der Waals surface area (Å²) in [5.74, 6) is 1.18. The van der Waals surface area contributed by atoms with Crippen molar-refractivity contribution in [3.63, 3.8) is 0 Å². The first-order valence-corrected chi connectivity index (χ1v) is 13.5. The van der Waals surface area contributed by atoms with Crippen LogP contribution < -0.4 is 21.7 Å². The first kappa shape index (κ1) is 24.6. The molecule has 4 N–H and O–H groups in total. The van der Waals surface area contributed by atoms with Crippen molar-refractivity contribution < 1.29 is 13.6 Å². The van der Waals surface area contributed by atoms with Crippen LogP contribution in [0.1, 0.15) is 46.5 Å². The summed E-state index contributed by atoms with van der Waals surface area (Å²) in [7, 11) is -3.34. The van der Waals surface area contributed by atoms with Crippen LogP contribution in [-0.2, 0) is 20.2 Å². The number of nitrogens with two attached hydrogens (primary N) is 1. The number of nitrogens with one attached hydrogen (secondary N) is 2. The van der Waals surface area contributed by atoms with Crippen molar-refractivity contribution in [2.75, 3.05) is 23.8 Å². The second-order valence-corrected chi connectivity index (χ2v) is 10.4. The monoisotopic (exact) mass is 487 g/mol. The number of aromatic nitrogens is 4. The minimum absolute atomic E-state index is 0.281. The largest absolute Gasteiger partial charge is 0.361 e. The number of rotatable bonds is 10. The molecular weight excluding hydrogens is 453 g/mol. The molecule has 1 aromatic carbocycles. The molecule has 0 atom stereocenters. The molecule has 0 bridgehead atoms. The van der Waals surface area contributed by atoms with Crippen LogP contribution in [0.15, 0.2) is 30.6 Å². The molecular formula is C23H34N7O3P. The van der Waals surface area contributed by atoms with Gasteiger partial charge in [-0.2, -0.15) is 9.97 Å². The van der Waals surface area contributed by atoms with Gasteiger partial charge in [0.2, 0.25) is 5.95 Å². The molecule has 0 radical (unpaired) electrons. The highest BCUT2D eigenvalue weighted by molar-refractivity contribution is 7.62. The van der Waals surface area contributed by atoms with E-state index in [2.05, 4.69) is 22.5 Å². The molecule has 4 rings (SSSR count). The number of anilines is 3. The highest BCUT2D eigenvalue weighted by atomic mass is 31.2. The fourth-order valence-electron chi connectivity index (χ4n) is 4.16. The summed E-state index contributed by atoms with van der Waals surface area (Å²) in [6.45, 7) is 7.01. The number of imidazole rings is 1. The Balaban J connectivity index is 1.60. The molecule has 1 aliphatic carbocycles. The summed E-state index contributed by atoms with van der Waals surface area (Å²) in [6.07, 6.45) is 5.77. The van der Waals surface area contributed by atoms with Crippen molar-refractivity contribution in [2.45, 2.75) is 65.1 Å². The Kier molecular flexibility index (Phi) is 7.83. The maximum atomic E-state index is 13.0. The van der Waals surface area contributed by atoms with E-state index < -0.39 is 7.60 Å². The SMILES string of the molecule is CCOP(=O)(OCC)c1ccc(Nc2nc(NC3CCC(N)CC3)nc3c2ncn3CC)cc1. The maximum Gasteiger partial charge on any atom is 0.361 e. The number of hydrogen-bond donors (Lipinski definition) is 3. The van der Waals surface area contributed by atoms with Crippen LogP contribution in [0.5, 0.6) is 0 Å². The summed E-state index contributed by atoms with van der Waals surface area (Å²) in [6, 6.07) is 7.75. The van der Waals surface area contributed by atoms with Crippen molar-refractivity contribution in [3.05, 3.63) is 30.6 Å². The molecule has 34 heavy (non-hydrogen) atoms. The van der Waals surface area contributed by atoms with Gasteiger partial charge in [0.05, 0.1) is 24.8 Å². The number of aryl methyl sites for hydroxylation is 1. The predicted octanol–water partition coefficient (Wildman–Crippen LogP) is 4.16. The Bertz CT molecular complexity index is 1130. The van der Waals surface area contributed by atoms with E-state index in [4.69, 9.17) is 24.7 Å². The summed E-state index contributed by atoms with van der Waals surface area (Å²) < 4.78 is 25.9. The van der Waals surface area contributed by atoms with Crippen molar-refractivity contribution in [1.82, 2.24) is 19.5 Å². The van der Waals surface area contributed by atoms with E-state index in [9.17, 15) is 4.57 Å². The molecule has 1 saturated carbocycles. The summed E-state index contributed by atoms with van der Waals surface area (Å²) in [4.78, 5) is 14.0. The quantitative estimate of drug-likeness (QED) is 0.361. The van der Waals surface area contributed by atoms with E-state index >= 15 is 0 Å². The lowest BCUT2D eigenvalue weighted by Gasteiger charge is -2.26. The molecule has 0 spiro atoms. The number of nitrogens with zero attached hydrogens (tertiary/aromatic N) is 4. The zero-order valence-corrected chi connectivity index (χ0v) is 20.9. The highest BCUT2D eigenvalue weighted by Crippen LogP contribution is 2.46. The summed E-state index contributed by atoms with van der Waals surface area (Å²) >= 11 is 0. The van der Waals surface area contributed by atoms with Crippen LogP contribution >= 0.6 is 7.60 Å². The van der Waals surface area contributed by atoms with Crippen LogP contribution in [0.2, 0.25) is 0 Å². The lowest BCUT2D eigenvalue weighted by molar-refractivity contribution is 0.230. The van der Waals surface area contributed by atoms with Gasteiger partial charge in [-0.1, -0.05) is 0 Å². The van der Waals surface area contributed by atoms with E-state index in [0.717, 1.165) is 43.6 Å². The second-order valence-electron chi connectivity index (χ2n) is 8.36. The first-order chi connectivity index (χ1) is 16.5. The number of fused-ring (bicyclic) bond motifs is 1.